The SMILES string of the molecule is CC(=O)O[C@@H](C(=O)NCc1nc(Cn2c(C)nc3ccc(Cl)cc32)cs1)[C@@H](OC(C)=O)C(=O)N1CCCC1c1cccc(N(C)C)c1. The van der Waals surface area contributed by atoms with Crippen LogP contribution in [0.4, 0.5) is 5.69 Å². The van der Waals surface area contributed by atoms with Crippen LogP contribution >= 0.6 is 22.9 Å². The highest BCUT2D eigenvalue weighted by Crippen LogP contribution is 2.35. The minimum Gasteiger partial charge on any atom is -0.448 e. The zero-order chi connectivity index (χ0) is 33.8. The van der Waals surface area contributed by atoms with E-state index in [4.69, 9.17) is 21.1 Å². The number of likely N-dealkylation sites (tertiary alicyclic amines) is 1. The van der Waals surface area contributed by atoms with Crippen molar-refractivity contribution in [1.82, 2.24) is 24.8 Å². The molecule has 1 fully saturated rings. The Morgan fingerprint density at radius 2 is 1.81 bits per heavy atom. The van der Waals surface area contributed by atoms with Gasteiger partial charge in [-0.15, -0.1) is 11.3 Å². The highest BCUT2D eigenvalue weighted by molar-refractivity contribution is 7.09. The lowest BCUT2D eigenvalue weighted by molar-refractivity contribution is -0.178. The summed E-state index contributed by atoms with van der Waals surface area (Å²) in [6.45, 7) is 5.01. The summed E-state index contributed by atoms with van der Waals surface area (Å²) < 4.78 is 12.8. The average Bonchev–Trinajstić information content (AvgIpc) is 3.77. The van der Waals surface area contributed by atoms with Crippen molar-refractivity contribution in [3.63, 3.8) is 0 Å². The quantitative estimate of drug-likeness (QED) is 0.229. The number of nitrogens with zero attached hydrogens (tertiary/aromatic N) is 5. The lowest BCUT2D eigenvalue weighted by Gasteiger charge is -2.32. The Balaban J connectivity index is 1.32. The second-order valence-electron chi connectivity index (χ2n) is 11.6. The molecule has 5 rings (SSSR count). The topological polar surface area (TPSA) is 136 Å². The normalized spacial score (nSPS) is 15.7. The highest BCUT2D eigenvalue weighted by Gasteiger charge is 2.44. The third kappa shape index (κ3) is 7.91. The molecule has 2 aromatic heterocycles. The standard InChI is InChI=1S/C33H37ClN6O6S/c1-19-36-26-12-11-23(34)15-28(26)40(19)17-24-18-47-29(37-24)16-35-32(43)30(45-20(2)41)31(46-21(3)42)33(44)39-13-7-10-27(39)22-8-6-9-25(14-22)38(4)5/h6,8-9,11-12,14-15,18,27,30-31H,7,10,13,16-17H2,1-5H3,(H,35,43)/t27?,30-,31-/m1/s1. The van der Waals surface area contributed by atoms with Gasteiger partial charge in [-0.05, 0) is 55.7 Å². The van der Waals surface area contributed by atoms with Crippen LogP contribution in [0.5, 0.6) is 0 Å². The van der Waals surface area contributed by atoms with Crippen molar-refractivity contribution in [3.8, 4) is 0 Å². The molecule has 1 saturated heterocycles. The van der Waals surface area contributed by atoms with Gasteiger partial charge in [0.1, 0.15) is 10.8 Å². The summed E-state index contributed by atoms with van der Waals surface area (Å²) in [5.74, 6) is -2.17. The summed E-state index contributed by atoms with van der Waals surface area (Å²) in [5.41, 5.74) is 4.35. The summed E-state index contributed by atoms with van der Waals surface area (Å²) >= 11 is 7.56. The number of aryl methyl sites for hydroxylation is 1. The van der Waals surface area contributed by atoms with Gasteiger partial charge < -0.3 is 29.2 Å². The molecule has 1 aliphatic heterocycles. The molecule has 0 radical (unpaired) electrons. The highest BCUT2D eigenvalue weighted by atomic mass is 35.5. The zero-order valence-corrected chi connectivity index (χ0v) is 28.4. The van der Waals surface area contributed by atoms with Gasteiger partial charge in [0.2, 0.25) is 12.2 Å². The molecular formula is C33H37ClN6O6S. The van der Waals surface area contributed by atoms with Crippen molar-refractivity contribution >= 4 is 63.4 Å². The van der Waals surface area contributed by atoms with Crippen LogP contribution in [0.25, 0.3) is 11.0 Å². The van der Waals surface area contributed by atoms with Gasteiger partial charge in [0.15, 0.2) is 0 Å². The van der Waals surface area contributed by atoms with Crippen LogP contribution in [-0.4, -0.2) is 76.0 Å². The molecule has 1 aliphatic rings. The fourth-order valence-corrected chi connectivity index (χ4v) is 6.64. The molecule has 0 saturated carbocycles. The van der Waals surface area contributed by atoms with Gasteiger partial charge in [-0.2, -0.15) is 0 Å². The number of hydrogen-bond acceptors (Lipinski definition) is 10. The van der Waals surface area contributed by atoms with Gasteiger partial charge in [0, 0.05) is 50.6 Å². The predicted octanol–water partition coefficient (Wildman–Crippen LogP) is 4.41. The Labute approximate surface area is 281 Å². The summed E-state index contributed by atoms with van der Waals surface area (Å²) in [7, 11) is 3.86. The van der Waals surface area contributed by atoms with E-state index in [0.717, 1.165) is 47.7 Å². The van der Waals surface area contributed by atoms with Crippen molar-refractivity contribution in [2.24, 2.45) is 0 Å². The molecule has 0 aliphatic carbocycles. The zero-order valence-electron chi connectivity index (χ0n) is 26.9. The van der Waals surface area contributed by atoms with E-state index < -0.39 is 36.0 Å². The molecule has 3 heterocycles. The molecule has 1 N–H and O–H groups in total. The summed E-state index contributed by atoms with van der Waals surface area (Å²) in [4.78, 5) is 64.7. The molecule has 1 unspecified atom stereocenters. The summed E-state index contributed by atoms with van der Waals surface area (Å²) in [5, 5.41) is 5.79. The fourth-order valence-electron chi connectivity index (χ4n) is 5.75. The maximum Gasteiger partial charge on any atom is 0.303 e. The molecule has 2 amide bonds. The van der Waals surface area contributed by atoms with Crippen LogP contribution in [0.2, 0.25) is 5.02 Å². The number of aromatic nitrogens is 3. The van der Waals surface area contributed by atoms with Gasteiger partial charge >= 0.3 is 11.9 Å². The first-order valence-electron chi connectivity index (χ1n) is 15.2. The number of nitrogens with one attached hydrogen (secondary N) is 1. The lowest BCUT2D eigenvalue weighted by Crippen LogP contribution is -2.53. The number of amides is 2. The fraction of sp³-hybridized carbons (Fsp3) is 0.394. The molecule has 14 heteroatoms. The number of halogens is 1. The molecular weight excluding hydrogens is 644 g/mol. The lowest BCUT2D eigenvalue weighted by atomic mass is 10.0. The number of ether oxygens (including phenoxy) is 2. The molecule has 4 aromatic rings. The third-order valence-electron chi connectivity index (χ3n) is 7.90. The van der Waals surface area contributed by atoms with Gasteiger partial charge in [0.05, 0.1) is 35.9 Å². The van der Waals surface area contributed by atoms with Gasteiger partial charge in [-0.1, -0.05) is 23.7 Å². The minimum atomic E-state index is -1.71. The van der Waals surface area contributed by atoms with Crippen LogP contribution < -0.4 is 10.2 Å². The molecule has 0 spiro atoms. The molecule has 0 bridgehead atoms. The second-order valence-corrected chi connectivity index (χ2v) is 12.9. The van der Waals surface area contributed by atoms with Gasteiger partial charge in [-0.25, -0.2) is 9.97 Å². The van der Waals surface area contributed by atoms with E-state index >= 15 is 0 Å². The maximum atomic E-state index is 14.0. The first-order valence-corrected chi connectivity index (χ1v) is 16.4. The molecule has 47 heavy (non-hydrogen) atoms. The number of anilines is 1. The second kappa shape index (κ2) is 14.5. The molecule has 2 aromatic carbocycles. The van der Waals surface area contributed by atoms with Crippen molar-refractivity contribution in [3.05, 3.63) is 75.0 Å². The Morgan fingerprint density at radius 1 is 1.06 bits per heavy atom. The Kier molecular flexibility index (Phi) is 10.5. The van der Waals surface area contributed by atoms with Gasteiger partial charge in [0.25, 0.3) is 11.8 Å². The van der Waals surface area contributed by atoms with Crippen molar-refractivity contribution in [1.29, 1.82) is 0 Å². The Morgan fingerprint density at radius 3 is 2.53 bits per heavy atom. The number of fused-ring (bicyclic) bond motifs is 1. The van der Waals surface area contributed by atoms with Crippen LogP contribution in [0.15, 0.2) is 47.8 Å². The maximum absolute atomic E-state index is 14.0. The molecule has 3 atom stereocenters. The molecule has 12 nitrogen and oxygen atoms in total. The van der Waals surface area contributed by atoms with Crippen molar-refractivity contribution < 1.29 is 28.7 Å². The minimum absolute atomic E-state index is 0.00139. The van der Waals surface area contributed by atoms with E-state index in [-0.39, 0.29) is 12.6 Å². The van der Waals surface area contributed by atoms with Gasteiger partial charge in [-0.3, -0.25) is 19.2 Å². The Hall–Kier alpha value is -4.49. The van der Waals surface area contributed by atoms with Crippen molar-refractivity contribution in [2.75, 3.05) is 25.5 Å². The number of carbonyl (C=O) groups is 4. The smallest absolute Gasteiger partial charge is 0.303 e. The first-order chi connectivity index (χ1) is 22.4. The monoisotopic (exact) mass is 680 g/mol. The number of hydrogen-bond donors (Lipinski definition) is 1. The van der Waals surface area contributed by atoms with E-state index in [0.29, 0.717) is 36.0 Å². The van der Waals surface area contributed by atoms with Crippen molar-refractivity contribution in [2.45, 2.75) is 65.0 Å². The summed E-state index contributed by atoms with van der Waals surface area (Å²) in [6.07, 6.45) is -1.98. The average molecular weight is 681 g/mol. The number of rotatable bonds is 11. The van der Waals surface area contributed by atoms with E-state index in [1.807, 2.05) is 72.3 Å². The summed E-state index contributed by atoms with van der Waals surface area (Å²) in [6, 6.07) is 13.0. The molecule has 248 valence electrons. The predicted molar refractivity (Wildman–Crippen MR) is 178 cm³/mol. The number of imidazole rings is 1. The first kappa shape index (κ1) is 33.9. The van der Waals surface area contributed by atoms with E-state index in [9.17, 15) is 19.2 Å². The van der Waals surface area contributed by atoms with E-state index in [1.165, 1.54) is 11.3 Å². The van der Waals surface area contributed by atoms with Crippen LogP contribution in [-0.2, 0) is 41.7 Å². The number of thiazole rings is 1. The van der Waals surface area contributed by atoms with Crippen LogP contribution in [0, 0.1) is 6.92 Å². The van der Waals surface area contributed by atoms with E-state index in [2.05, 4.69) is 15.3 Å². The van der Waals surface area contributed by atoms with E-state index in [1.54, 1.807) is 11.0 Å². The van der Waals surface area contributed by atoms with Crippen LogP contribution in [0.3, 0.4) is 0 Å². The largest absolute Gasteiger partial charge is 0.448 e. The third-order valence-corrected chi connectivity index (χ3v) is 9.04. The number of benzene rings is 2. The number of carbonyl (C=O) groups excluding carboxylic acids is 4. The Bertz CT molecular complexity index is 1800. The number of esters is 2. The van der Waals surface area contributed by atoms with Crippen LogP contribution in [0.1, 0.15) is 54.8 Å².